The van der Waals surface area contributed by atoms with Crippen LogP contribution < -0.4 is 5.32 Å². The number of hydrogen-bond acceptors (Lipinski definition) is 2. The Balaban J connectivity index is 1.90. The molecule has 0 aliphatic carbocycles. The Kier molecular flexibility index (Phi) is 8.21. The van der Waals surface area contributed by atoms with Gasteiger partial charge in [0.05, 0.1) is 0 Å². The van der Waals surface area contributed by atoms with E-state index in [0.29, 0.717) is 11.8 Å². The average Bonchev–Trinajstić information content (AvgIpc) is 2.82. The largest absolute Gasteiger partial charge is 0.356 e. The highest BCUT2D eigenvalue weighted by molar-refractivity contribution is 5.89. The first-order valence-corrected chi connectivity index (χ1v) is 8.61. The monoisotopic (exact) mass is 308 g/mol. The molecular formula is C18H32N2O2. The molecule has 0 bridgehead atoms. The van der Waals surface area contributed by atoms with E-state index in [9.17, 15) is 9.59 Å². The van der Waals surface area contributed by atoms with Gasteiger partial charge in [-0.1, -0.05) is 39.7 Å². The molecular weight excluding hydrogens is 276 g/mol. The zero-order valence-electron chi connectivity index (χ0n) is 14.5. The van der Waals surface area contributed by atoms with Gasteiger partial charge < -0.3 is 10.2 Å². The molecule has 0 saturated carbocycles. The van der Waals surface area contributed by atoms with Crippen LogP contribution in [0.3, 0.4) is 0 Å². The van der Waals surface area contributed by atoms with Crippen LogP contribution >= 0.6 is 0 Å². The lowest BCUT2D eigenvalue weighted by molar-refractivity contribution is -0.124. The molecule has 0 unspecified atom stereocenters. The number of nitrogens with zero attached hydrogens (tertiary/aromatic N) is 1. The van der Waals surface area contributed by atoms with Crippen molar-refractivity contribution in [3.8, 4) is 0 Å². The van der Waals surface area contributed by atoms with Crippen molar-refractivity contribution in [3.63, 3.8) is 0 Å². The van der Waals surface area contributed by atoms with Crippen molar-refractivity contribution in [3.05, 3.63) is 12.2 Å². The van der Waals surface area contributed by atoms with Gasteiger partial charge in [-0.3, -0.25) is 9.59 Å². The highest BCUT2D eigenvalue weighted by Crippen LogP contribution is 2.21. The van der Waals surface area contributed by atoms with Crippen LogP contribution in [-0.4, -0.2) is 36.3 Å². The molecule has 1 rings (SSSR count). The summed E-state index contributed by atoms with van der Waals surface area (Å²) in [4.78, 5) is 24.9. The average molecular weight is 308 g/mol. The molecule has 1 N–H and O–H groups in total. The number of amides is 2. The fourth-order valence-corrected chi connectivity index (χ4v) is 2.54. The second-order valence-electron chi connectivity index (χ2n) is 7.37. The van der Waals surface area contributed by atoms with Gasteiger partial charge in [0.1, 0.15) is 0 Å². The van der Waals surface area contributed by atoms with Gasteiger partial charge in [-0.15, -0.1) is 0 Å². The molecule has 0 atom stereocenters. The minimum absolute atomic E-state index is 0.119. The van der Waals surface area contributed by atoms with Crippen molar-refractivity contribution in [1.82, 2.24) is 10.2 Å². The quantitative estimate of drug-likeness (QED) is 0.630. The fraction of sp³-hybridized carbons (Fsp3) is 0.778. The Morgan fingerprint density at radius 3 is 2.59 bits per heavy atom. The summed E-state index contributed by atoms with van der Waals surface area (Å²) in [6.45, 7) is 9.09. The summed E-state index contributed by atoms with van der Waals surface area (Å²) in [6.07, 6.45) is 10.5. The van der Waals surface area contributed by atoms with Crippen LogP contribution in [0, 0.1) is 5.41 Å². The smallest absolute Gasteiger partial charge is 0.246 e. The van der Waals surface area contributed by atoms with Crippen LogP contribution in [0.4, 0.5) is 0 Å². The second-order valence-corrected chi connectivity index (χ2v) is 7.37. The summed E-state index contributed by atoms with van der Waals surface area (Å²) >= 11 is 0. The summed E-state index contributed by atoms with van der Waals surface area (Å²) in [6, 6.07) is 0. The van der Waals surface area contributed by atoms with Gasteiger partial charge in [0.25, 0.3) is 0 Å². The summed E-state index contributed by atoms with van der Waals surface area (Å²) in [7, 11) is 0. The van der Waals surface area contributed by atoms with E-state index < -0.39 is 0 Å². The maximum absolute atomic E-state index is 11.7. The number of carbonyl (C=O) groups is 2. The first kappa shape index (κ1) is 18.7. The van der Waals surface area contributed by atoms with Crippen LogP contribution in [0.2, 0.25) is 0 Å². The molecule has 1 aliphatic rings. The van der Waals surface area contributed by atoms with Gasteiger partial charge in [0.15, 0.2) is 0 Å². The van der Waals surface area contributed by atoms with Crippen molar-refractivity contribution in [2.24, 2.45) is 5.41 Å². The molecule has 2 amide bonds. The maximum atomic E-state index is 11.7. The predicted octanol–water partition coefficient (Wildman–Crippen LogP) is 3.28. The van der Waals surface area contributed by atoms with E-state index >= 15 is 0 Å². The van der Waals surface area contributed by atoms with Crippen molar-refractivity contribution in [1.29, 1.82) is 0 Å². The lowest BCUT2D eigenvalue weighted by atomic mass is 9.90. The van der Waals surface area contributed by atoms with Crippen molar-refractivity contribution in [2.75, 3.05) is 19.6 Å². The molecule has 126 valence electrons. The lowest BCUT2D eigenvalue weighted by Gasteiger charge is -2.17. The van der Waals surface area contributed by atoms with Crippen LogP contribution in [-0.2, 0) is 9.59 Å². The predicted molar refractivity (Wildman–Crippen MR) is 90.5 cm³/mol. The molecule has 0 aromatic carbocycles. The number of rotatable bonds is 10. The SMILES string of the molecule is CC(C)(C)CCCCNC(=O)CCCCCN1CC=CC1=O. The first-order valence-electron chi connectivity index (χ1n) is 8.61. The zero-order valence-corrected chi connectivity index (χ0v) is 14.5. The van der Waals surface area contributed by atoms with Crippen molar-refractivity contribution < 1.29 is 9.59 Å². The number of unbranched alkanes of at least 4 members (excludes halogenated alkanes) is 3. The molecule has 1 heterocycles. The Morgan fingerprint density at radius 1 is 1.18 bits per heavy atom. The molecule has 4 heteroatoms. The van der Waals surface area contributed by atoms with E-state index in [-0.39, 0.29) is 11.8 Å². The minimum Gasteiger partial charge on any atom is -0.356 e. The molecule has 22 heavy (non-hydrogen) atoms. The number of hydrogen-bond donors (Lipinski definition) is 1. The fourth-order valence-electron chi connectivity index (χ4n) is 2.54. The number of nitrogens with one attached hydrogen (secondary N) is 1. The van der Waals surface area contributed by atoms with Gasteiger partial charge in [-0.05, 0) is 31.1 Å². The van der Waals surface area contributed by atoms with Gasteiger partial charge in [-0.25, -0.2) is 0 Å². The standard InChI is InChI=1S/C18H32N2O2/c1-18(2,3)12-6-7-13-19-16(21)10-5-4-8-14-20-15-9-11-17(20)22/h9,11H,4-8,10,12-15H2,1-3H3,(H,19,21). The van der Waals surface area contributed by atoms with Gasteiger partial charge in [0, 0.05) is 32.1 Å². The molecule has 0 fully saturated rings. The molecule has 0 radical (unpaired) electrons. The third kappa shape index (κ3) is 8.85. The Labute approximate surface area is 135 Å². The maximum Gasteiger partial charge on any atom is 0.246 e. The highest BCUT2D eigenvalue weighted by Gasteiger charge is 2.13. The van der Waals surface area contributed by atoms with E-state index in [1.807, 2.05) is 11.0 Å². The summed E-state index contributed by atoms with van der Waals surface area (Å²) < 4.78 is 0. The van der Waals surface area contributed by atoms with Crippen molar-refractivity contribution in [2.45, 2.75) is 65.7 Å². The highest BCUT2D eigenvalue weighted by atomic mass is 16.2. The van der Waals surface area contributed by atoms with E-state index in [1.165, 1.54) is 12.8 Å². The molecule has 4 nitrogen and oxygen atoms in total. The minimum atomic E-state index is 0.119. The van der Waals surface area contributed by atoms with E-state index in [1.54, 1.807) is 6.08 Å². The molecule has 0 aromatic rings. The Morgan fingerprint density at radius 2 is 1.95 bits per heavy atom. The summed E-state index contributed by atoms with van der Waals surface area (Å²) in [5.74, 6) is 0.280. The summed E-state index contributed by atoms with van der Waals surface area (Å²) in [5, 5.41) is 2.99. The molecule has 0 aromatic heterocycles. The third-order valence-corrected chi connectivity index (χ3v) is 3.91. The van der Waals surface area contributed by atoms with E-state index in [2.05, 4.69) is 26.1 Å². The lowest BCUT2D eigenvalue weighted by Crippen LogP contribution is -2.26. The third-order valence-electron chi connectivity index (χ3n) is 3.91. The Hall–Kier alpha value is -1.32. The molecule has 1 aliphatic heterocycles. The van der Waals surface area contributed by atoms with E-state index in [0.717, 1.165) is 45.3 Å². The van der Waals surface area contributed by atoms with Gasteiger partial charge >= 0.3 is 0 Å². The van der Waals surface area contributed by atoms with E-state index in [4.69, 9.17) is 0 Å². The number of carbonyl (C=O) groups excluding carboxylic acids is 2. The van der Waals surface area contributed by atoms with Crippen LogP contribution in [0.1, 0.15) is 65.7 Å². The van der Waals surface area contributed by atoms with Crippen LogP contribution in [0.25, 0.3) is 0 Å². The normalized spacial score (nSPS) is 14.7. The second kappa shape index (κ2) is 9.65. The van der Waals surface area contributed by atoms with Crippen molar-refractivity contribution >= 4 is 11.8 Å². The van der Waals surface area contributed by atoms with Gasteiger partial charge in [-0.2, -0.15) is 0 Å². The van der Waals surface area contributed by atoms with Crippen LogP contribution in [0.15, 0.2) is 12.2 Å². The van der Waals surface area contributed by atoms with Crippen LogP contribution in [0.5, 0.6) is 0 Å². The van der Waals surface area contributed by atoms with Gasteiger partial charge in [0.2, 0.25) is 11.8 Å². The molecule has 0 spiro atoms. The first-order chi connectivity index (χ1) is 10.4. The summed E-state index contributed by atoms with van der Waals surface area (Å²) in [5.41, 5.74) is 0.385. The topological polar surface area (TPSA) is 49.4 Å². The molecule has 0 saturated heterocycles. The zero-order chi connectivity index (χ0) is 16.4. The Bertz CT molecular complexity index is 383.